The topological polar surface area (TPSA) is 78.0 Å². The Hall–Kier alpha value is -1.50. The summed E-state index contributed by atoms with van der Waals surface area (Å²) in [5, 5.41) is 9.45. The fourth-order valence-corrected chi connectivity index (χ4v) is 3.27. The summed E-state index contributed by atoms with van der Waals surface area (Å²) in [6.45, 7) is 16.7. The Bertz CT molecular complexity index is 462. The number of alkyl carbamates (subject to hydrolysis) is 1. The molecular weight excluding hydrogens is 354 g/mol. The van der Waals surface area contributed by atoms with Gasteiger partial charge in [0.25, 0.3) is 0 Å². The Morgan fingerprint density at radius 1 is 1.14 bits per heavy atom. The molecule has 0 spiro atoms. The smallest absolute Gasteiger partial charge is 0.407 e. The van der Waals surface area contributed by atoms with Gasteiger partial charge < -0.3 is 25.6 Å². The zero-order valence-electron chi connectivity index (χ0n) is 18.8. The number of hydrogen-bond acceptors (Lipinski definition) is 4. The average molecular weight is 398 g/mol. The third-order valence-corrected chi connectivity index (χ3v) is 4.55. The van der Waals surface area contributed by atoms with Gasteiger partial charge in [-0.2, -0.15) is 0 Å². The first-order valence-corrected chi connectivity index (χ1v) is 11.0. The van der Waals surface area contributed by atoms with Crippen LogP contribution in [-0.4, -0.2) is 68.4 Å². The van der Waals surface area contributed by atoms with Crippen molar-refractivity contribution in [3.05, 3.63) is 0 Å². The lowest BCUT2D eigenvalue weighted by Gasteiger charge is -2.30. The molecule has 1 saturated heterocycles. The van der Waals surface area contributed by atoms with Crippen molar-refractivity contribution in [3.8, 4) is 0 Å². The van der Waals surface area contributed by atoms with Crippen molar-refractivity contribution in [3.63, 3.8) is 0 Å². The van der Waals surface area contributed by atoms with Crippen LogP contribution in [0.5, 0.6) is 0 Å². The quantitative estimate of drug-likeness (QED) is 0.300. The third-order valence-electron chi connectivity index (χ3n) is 4.55. The Kier molecular flexibility index (Phi) is 12.0. The highest BCUT2D eigenvalue weighted by molar-refractivity contribution is 5.79. The molecule has 164 valence electrons. The molecule has 1 amide bonds. The van der Waals surface area contributed by atoms with Crippen LogP contribution in [0.2, 0.25) is 0 Å². The van der Waals surface area contributed by atoms with Gasteiger partial charge in [0.1, 0.15) is 5.60 Å². The number of rotatable bonds is 10. The molecule has 1 fully saturated rings. The molecule has 1 atom stereocenters. The SMILES string of the molecule is CCNC(=NCCCNC(=O)OC(C)(C)C)NCCCCN1CCCC(C)C1. The minimum Gasteiger partial charge on any atom is -0.444 e. The largest absolute Gasteiger partial charge is 0.444 e. The number of amides is 1. The number of hydrogen-bond donors (Lipinski definition) is 3. The van der Waals surface area contributed by atoms with Crippen molar-refractivity contribution in [2.24, 2.45) is 10.9 Å². The van der Waals surface area contributed by atoms with Crippen molar-refractivity contribution >= 4 is 12.1 Å². The van der Waals surface area contributed by atoms with Gasteiger partial charge in [-0.15, -0.1) is 0 Å². The number of guanidine groups is 1. The number of ether oxygens (including phenoxy) is 1. The first-order chi connectivity index (χ1) is 13.3. The van der Waals surface area contributed by atoms with Crippen LogP contribution in [0.15, 0.2) is 4.99 Å². The standard InChI is InChI=1S/C21H43N5O2/c1-6-22-19(24-13-10-14-25-20(27)28-21(3,4)5)23-12-7-8-15-26-16-9-11-18(2)17-26/h18H,6-17H2,1-5H3,(H,25,27)(H2,22,23,24). The average Bonchev–Trinajstić information content (AvgIpc) is 2.59. The van der Waals surface area contributed by atoms with Crippen molar-refractivity contribution in [2.45, 2.75) is 72.3 Å². The van der Waals surface area contributed by atoms with E-state index >= 15 is 0 Å². The molecule has 3 N–H and O–H groups in total. The molecule has 0 aliphatic carbocycles. The Morgan fingerprint density at radius 2 is 1.89 bits per heavy atom. The number of carbonyl (C=O) groups excluding carboxylic acids is 1. The number of piperidine rings is 1. The van der Waals surface area contributed by atoms with Crippen LogP contribution in [0.3, 0.4) is 0 Å². The lowest BCUT2D eigenvalue weighted by Crippen LogP contribution is -2.38. The molecule has 1 aliphatic heterocycles. The van der Waals surface area contributed by atoms with E-state index in [0.29, 0.717) is 13.1 Å². The number of likely N-dealkylation sites (tertiary alicyclic amines) is 1. The maximum atomic E-state index is 11.6. The minimum atomic E-state index is -0.462. The minimum absolute atomic E-state index is 0.371. The normalized spacial score (nSPS) is 18.6. The van der Waals surface area contributed by atoms with Crippen LogP contribution >= 0.6 is 0 Å². The van der Waals surface area contributed by atoms with E-state index in [1.807, 2.05) is 20.8 Å². The second-order valence-corrected chi connectivity index (χ2v) is 8.72. The number of nitrogens with one attached hydrogen (secondary N) is 3. The maximum absolute atomic E-state index is 11.6. The molecule has 0 saturated carbocycles. The van der Waals surface area contributed by atoms with Crippen LogP contribution in [0.4, 0.5) is 4.79 Å². The predicted molar refractivity (Wildman–Crippen MR) is 117 cm³/mol. The van der Waals surface area contributed by atoms with Gasteiger partial charge in [-0.3, -0.25) is 4.99 Å². The summed E-state index contributed by atoms with van der Waals surface area (Å²) in [6, 6.07) is 0. The number of nitrogens with zero attached hydrogens (tertiary/aromatic N) is 2. The molecule has 1 unspecified atom stereocenters. The van der Waals surface area contributed by atoms with Gasteiger partial charge >= 0.3 is 6.09 Å². The molecule has 7 heteroatoms. The summed E-state index contributed by atoms with van der Waals surface area (Å²) in [5.41, 5.74) is -0.462. The molecular formula is C21H43N5O2. The monoisotopic (exact) mass is 397 g/mol. The second-order valence-electron chi connectivity index (χ2n) is 8.72. The summed E-state index contributed by atoms with van der Waals surface area (Å²) in [7, 11) is 0. The molecule has 7 nitrogen and oxygen atoms in total. The van der Waals surface area contributed by atoms with E-state index < -0.39 is 5.60 Å². The highest BCUT2D eigenvalue weighted by Gasteiger charge is 2.16. The van der Waals surface area contributed by atoms with Gasteiger partial charge in [-0.25, -0.2) is 4.79 Å². The van der Waals surface area contributed by atoms with E-state index in [2.05, 4.69) is 39.7 Å². The highest BCUT2D eigenvalue weighted by Crippen LogP contribution is 2.15. The fourth-order valence-electron chi connectivity index (χ4n) is 3.27. The van der Waals surface area contributed by atoms with E-state index in [0.717, 1.165) is 37.8 Å². The summed E-state index contributed by atoms with van der Waals surface area (Å²) in [5.74, 6) is 1.70. The van der Waals surface area contributed by atoms with Gasteiger partial charge in [-0.05, 0) is 78.8 Å². The molecule has 0 aromatic carbocycles. The molecule has 0 bridgehead atoms. The molecule has 1 rings (SSSR count). The predicted octanol–water partition coefficient (Wildman–Crippen LogP) is 2.97. The molecule has 0 aromatic rings. The van der Waals surface area contributed by atoms with Gasteiger partial charge in [0, 0.05) is 32.7 Å². The zero-order chi connectivity index (χ0) is 20.8. The first-order valence-electron chi connectivity index (χ1n) is 11.0. The van der Waals surface area contributed by atoms with Crippen molar-refractivity contribution < 1.29 is 9.53 Å². The second kappa shape index (κ2) is 13.6. The number of unbranched alkanes of at least 4 members (excludes halogenated alkanes) is 1. The maximum Gasteiger partial charge on any atom is 0.407 e. The van der Waals surface area contributed by atoms with Crippen LogP contribution in [0.25, 0.3) is 0 Å². The van der Waals surface area contributed by atoms with Gasteiger partial charge in [0.05, 0.1) is 0 Å². The van der Waals surface area contributed by atoms with Gasteiger partial charge in [-0.1, -0.05) is 6.92 Å². The van der Waals surface area contributed by atoms with Crippen LogP contribution in [-0.2, 0) is 4.74 Å². The molecule has 0 radical (unpaired) electrons. The van der Waals surface area contributed by atoms with Crippen LogP contribution in [0.1, 0.15) is 66.7 Å². The number of carbonyl (C=O) groups is 1. The van der Waals surface area contributed by atoms with Crippen molar-refractivity contribution in [1.82, 2.24) is 20.9 Å². The molecule has 28 heavy (non-hydrogen) atoms. The Balaban J connectivity index is 2.13. The van der Waals surface area contributed by atoms with E-state index in [1.54, 1.807) is 0 Å². The zero-order valence-corrected chi connectivity index (χ0v) is 18.8. The third kappa shape index (κ3) is 12.8. The van der Waals surface area contributed by atoms with E-state index in [-0.39, 0.29) is 6.09 Å². The van der Waals surface area contributed by atoms with Gasteiger partial charge in [0.2, 0.25) is 0 Å². The summed E-state index contributed by atoms with van der Waals surface area (Å²) in [4.78, 5) is 18.8. The summed E-state index contributed by atoms with van der Waals surface area (Å²) >= 11 is 0. The fraction of sp³-hybridized carbons (Fsp3) is 0.905. The molecule has 0 aromatic heterocycles. The Morgan fingerprint density at radius 3 is 2.57 bits per heavy atom. The summed E-state index contributed by atoms with van der Waals surface area (Å²) < 4.78 is 5.22. The van der Waals surface area contributed by atoms with Crippen LogP contribution < -0.4 is 16.0 Å². The van der Waals surface area contributed by atoms with E-state index in [4.69, 9.17) is 4.74 Å². The van der Waals surface area contributed by atoms with E-state index in [1.165, 1.54) is 38.9 Å². The van der Waals surface area contributed by atoms with Gasteiger partial charge in [0.15, 0.2) is 5.96 Å². The molecule has 1 aliphatic rings. The molecule has 1 heterocycles. The highest BCUT2D eigenvalue weighted by atomic mass is 16.6. The first kappa shape index (κ1) is 24.5. The Labute approximate surface area is 172 Å². The van der Waals surface area contributed by atoms with Crippen molar-refractivity contribution in [2.75, 3.05) is 45.8 Å². The van der Waals surface area contributed by atoms with E-state index in [9.17, 15) is 4.79 Å². The van der Waals surface area contributed by atoms with Crippen LogP contribution in [0, 0.1) is 5.92 Å². The lowest BCUT2D eigenvalue weighted by atomic mass is 10.0. The van der Waals surface area contributed by atoms with Crippen molar-refractivity contribution in [1.29, 1.82) is 0 Å². The number of aliphatic imine (C=N–C) groups is 1. The lowest BCUT2D eigenvalue weighted by molar-refractivity contribution is 0.0527. The summed E-state index contributed by atoms with van der Waals surface area (Å²) in [6.07, 6.45) is 5.51.